The minimum atomic E-state index is 0.421. The molecule has 1 fully saturated rings. The molecule has 1 unspecified atom stereocenters. The Hall–Kier alpha value is -0.710. The van der Waals surface area contributed by atoms with Gasteiger partial charge in [-0.3, -0.25) is 0 Å². The number of aromatic nitrogens is 4. The lowest BCUT2D eigenvalue weighted by Crippen LogP contribution is -2.15. The van der Waals surface area contributed by atoms with Crippen molar-refractivity contribution in [1.82, 2.24) is 20.2 Å². The molecule has 5 heteroatoms. The minimum Gasteiger partial charge on any atom is -0.239 e. The molecule has 72 valence electrons. The van der Waals surface area contributed by atoms with Crippen LogP contribution in [-0.4, -0.2) is 20.2 Å². The summed E-state index contributed by atoms with van der Waals surface area (Å²) >= 11 is 5.06. The van der Waals surface area contributed by atoms with Crippen LogP contribution in [-0.2, 0) is 0 Å². The third kappa shape index (κ3) is 1.65. The molecule has 1 N–H and O–H groups in total. The number of hydrogen-bond donors (Lipinski definition) is 1. The zero-order chi connectivity index (χ0) is 9.26. The summed E-state index contributed by atoms with van der Waals surface area (Å²) in [7, 11) is 0. The monoisotopic (exact) mass is 198 g/mol. The molecule has 1 aromatic rings. The number of tetrazole rings is 1. The van der Waals surface area contributed by atoms with Crippen molar-refractivity contribution in [3.8, 4) is 0 Å². The highest BCUT2D eigenvalue weighted by Gasteiger charge is 2.23. The number of nitrogens with one attached hydrogen (secondary N) is 1. The topological polar surface area (TPSA) is 46.5 Å². The minimum absolute atomic E-state index is 0.421. The van der Waals surface area contributed by atoms with Crippen LogP contribution in [0.25, 0.3) is 0 Å². The molecule has 1 aliphatic rings. The van der Waals surface area contributed by atoms with Crippen LogP contribution in [0.15, 0.2) is 0 Å². The maximum atomic E-state index is 5.06. The molecule has 0 amide bonds. The molecule has 0 bridgehead atoms. The second-order valence-electron chi connectivity index (χ2n) is 3.74. The first kappa shape index (κ1) is 8.87. The second-order valence-corrected chi connectivity index (χ2v) is 4.10. The number of hydrogen-bond acceptors (Lipinski definition) is 3. The van der Waals surface area contributed by atoms with Gasteiger partial charge in [0.15, 0.2) is 0 Å². The van der Waals surface area contributed by atoms with Crippen molar-refractivity contribution in [3.05, 3.63) is 4.77 Å². The van der Waals surface area contributed by atoms with Crippen molar-refractivity contribution in [3.63, 3.8) is 0 Å². The normalized spacial score (nSPS) is 20.7. The van der Waals surface area contributed by atoms with Crippen molar-refractivity contribution >= 4 is 12.2 Å². The van der Waals surface area contributed by atoms with Gasteiger partial charge in [0, 0.05) is 0 Å². The zero-order valence-electron chi connectivity index (χ0n) is 7.73. The van der Waals surface area contributed by atoms with Gasteiger partial charge in [-0.05, 0) is 37.9 Å². The fourth-order valence-corrected chi connectivity index (χ4v) is 2.37. The van der Waals surface area contributed by atoms with Crippen molar-refractivity contribution < 1.29 is 0 Å². The van der Waals surface area contributed by atoms with Gasteiger partial charge in [-0.2, -0.15) is 5.21 Å². The van der Waals surface area contributed by atoms with Gasteiger partial charge < -0.3 is 0 Å². The SMILES string of the molecule is CC(C1CCCC1)n1[nH]nnc1=S. The van der Waals surface area contributed by atoms with Gasteiger partial charge in [-0.15, -0.1) is 0 Å². The Morgan fingerprint density at radius 3 is 2.77 bits per heavy atom. The molecule has 2 rings (SSSR count). The van der Waals surface area contributed by atoms with E-state index in [1.54, 1.807) is 0 Å². The fourth-order valence-electron chi connectivity index (χ4n) is 2.12. The van der Waals surface area contributed by atoms with E-state index >= 15 is 0 Å². The van der Waals surface area contributed by atoms with Crippen molar-refractivity contribution in [2.24, 2.45) is 5.92 Å². The second kappa shape index (κ2) is 3.57. The molecule has 1 aliphatic carbocycles. The summed E-state index contributed by atoms with van der Waals surface area (Å²) in [4.78, 5) is 0. The third-order valence-electron chi connectivity index (χ3n) is 2.98. The molecule has 1 aromatic heterocycles. The van der Waals surface area contributed by atoms with Gasteiger partial charge in [0.2, 0.25) is 4.77 Å². The predicted octanol–water partition coefficient (Wildman–Crippen LogP) is 2.09. The molecule has 13 heavy (non-hydrogen) atoms. The van der Waals surface area contributed by atoms with Crippen LogP contribution < -0.4 is 0 Å². The Labute approximate surface area is 82.3 Å². The maximum Gasteiger partial charge on any atom is 0.238 e. The first-order valence-corrected chi connectivity index (χ1v) is 5.19. The average molecular weight is 198 g/mol. The summed E-state index contributed by atoms with van der Waals surface area (Å²) in [6.45, 7) is 2.19. The molecule has 0 saturated heterocycles. The molecule has 0 aliphatic heterocycles. The maximum absolute atomic E-state index is 5.06. The number of rotatable bonds is 2. The Balaban J connectivity index is 2.16. The van der Waals surface area contributed by atoms with Crippen LogP contribution in [0.3, 0.4) is 0 Å². The van der Waals surface area contributed by atoms with E-state index in [2.05, 4.69) is 22.4 Å². The Bertz CT molecular complexity index is 323. The van der Waals surface area contributed by atoms with Crippen molar-refractivity contribution in [1.29, 1.82) is 0 Å². The van der Waals surface area contributed by atoms with E-state index < -0.39 is 0 Å². The van der Waals surface area contributed by atoms with E-state index in [0.29, 0.717) is 10.8 Å². The summed E-state index contributed by atoms with van der Waals surface area (Å²) in [5, 5.41) is 10.3. The van der Waals surface area contributed by atoms with Crippen LogP contribution in [0.4, 0.5) is 0 Å². The van der Waals surface area contributed by atoms with Crippen molar-refractivity contribution in [2.75, 3.05) is 0 Å². The van der Waals surface area contributed by atoms with Gasteiger partial charge >= 0.3 is 0 Å². The highest BCUT2D eigenvalue weighted by Crippen LogP contribution is 2.33. The van der Waals surface area contributed by atoms with E-state index in [1.807, 2.05) is 4.68 Å². The summed E-state index contributed by atoms with van der Waals surface area (Å²) < 4.78 is 2.46. The highest BCUT2D eigenvalue weighted by molar-refractivity contribution is 7.71. The van der Waals surface area contributed by atoms with E-state index in [-0.39, 0.29) is 0 Å². The lowest BCUT2D eigenvalue weighted by Gasteiger charge is -2.18. The lowest BCUT2D eigenvalue weighted by molar-refractivity contribution is 0.326. The smallest absolute Gasteiger partial charge is 0.238 e. The van der Waals surface area contributed by atoms with E-state index in [4.69, 9.17) is 12.2 Å². The number of nitrogens with zero attached hydrogens (tertiary/aromatic N) is 3. The van der Waals surface area contributed by atoms with E-state index in [0.717, 1.165) is 5.92 Å². The summed E-state index contributed by atoms with van der Waals surface area (Å²) in [5.74, 6) is 0.744. The summed E-state index contributed by atoms with van der Waals surface area (Å²) in [6, 6.07) is 0.421. The number of aromatic amines is 1. The van der Waals surface area contributed by atoms with Crippen LogP contribution in [0, 0.1) is 10.7 Å². The highest BCUT2D eigenvalue weighted by atomic mass is 32.1. The average Bonchev–Trinajstić information content (AvgIpc) is 2.72. The fraction of sp³-hybridized carbons (Fsp3) is 0.875. The van der Waals surface area contributed by atoms with Crippen molar-refractivity contribution in [2.45, 2.75) is 38.6 Å². The summed E-state index contributed by atoms with van der Waals surface area (Å²) in [6.07, 6.45) is 5.32. The van der Waals surface area contributed by atoms with Crippen LogP contribution in [0.5, 0.6) is 0 Å². The Kier molecular flexibility index (Phi) is 2.44. The molecule has 1 heterocycles. The van der Waals surface area contributed by atoms with Crippen LogP contribution in [0.2, 0.25) is 0 Å². The number of H-pyrrole nitrogens is 1. The van der Waals surface area contributed by atoms with Gasteiger partial charge in [0.1, 0.15) is 0 Å². The largest absolute Gasteiger partial charge is 0.239 e. The van der Waals surface area contributed by atoms with Crippen LogP contribution >= 0.6 is 12.2 Å². The van der Waals surface area contributed by atoms with Gasteiger partial charge in [0.05, 0.1) is 6.04 Å². The quantitative estimate of drug-likeness (QED) is 0.740. The first-order valence-electron chi connectivity index (χ1n) is 4.78. The molecular weight excluding hydrogens is 184 g/mol. The molecule has 1 atom stereocenters. The standard InChI is InChI=1S/C8H14N4S/c1-6(7-4-2-3-5-7)12-8(13)9-10-11-12/h6-7H,2-5H2,1H3,(H,9,11,13). The third-order valence-corrected chi connectivity index (χ3v) is 3.26. The van der Waals surface area contributed by atoms with E-state index in [9.17, 15) is 0 Å². The first-order chi connectivity index (χ1) is 6.29. The summed E-state index contributed by atoms with van der Waals surface area (Å²) in [5.41, 5.74) is 0. The van der Waals surface area contributed by atoms with E-state index in [1.165, 1.54) is 25.7 Å². The zero-order valence-corrected chi connectivity index (χ0v) is 8.55. The van der Waals surface area contributed by atoms with Crippen LogP contribution in [0.1, 0.15) is 38.6 Å². The molecule has 0 radical (unpaired) electrons. The Morgan fingerprint density at radius 1 is 1.54 bits per heavy atom. The molecule has 0 spiro atoms. The van der Waals surface area contributed by atoms with Gasteiger partial charge in [-0.1, -0.05) is 23.2 Å². The lowest BCUT2D eigenvalue weighted by atomic mass is 10.0. The molecule has 0 aromatic carbocycles. The molecule has 1 saturated carbocycles. The molecular formula is C8H14N4S. The van der Waals surface area contributed by atoms with Gasteiger partial charge in [0.25, 0.3) is 0 Å². The van der Waals surface area contributed by atoms with Gasteiger partial charge in [-0.25, -0.2) is 4.68 Å². The Morgan fingerprint density at radius 2 is 2.23 bits per heavy atom. The molecule has 4 nitrogen and oxygen atoms in total. The predicted molar refractivity (Wildman–Crippen MR) is 51.9 cm³/mol.